The molecule has 1 aromatic carbocycles. The predicted molar refractivity (Wildman–Crippen MR) is 120 cm³/mol. The summed E-state index contributed by atoms with van der Waals surface area (Å²) >= 11 is 0. The van der Waals surface area contributed by atoms with Crippen molar-refractivity contribution in [3.8, 4) is 0 Å². The summed E-state index contributed by atoms with van der Waals surface area (Å²) < 4.78 is 5.39. The largest absolute Gasteiger partial charge is 0.507 e. The number of benzene rings is 1. The summed E-state index contributed by atoms with van der Waals surface area (Å²) in [5.41, 5.74) is -1.08. The van der Waals surface area contributed by atoms with Crippen LogP contribution in [0.4, 0.5) is 0 Å². The Morgan fingerprint density at radius 1 is 1.12 bits per heavy atom. The second kappa shape index (κ2) is 9.79. The van der Waals surface area contributed by atoms with Gasteiger partial charge in [0.15, 0.2) is 0 Å². The van der Waals surface area contributed by atoms with E-state index in [-0.39, 0.29) is 36.3 Å². The quantitative estimate of drug-likeness (QED) is 0.303. The van der Waals surface area contributed by atoms with Crippen LogP contribution in [0.1, 0.15) is 69.8 Å². The van der Waals surface area contributed by atoms with Crippen molar-refractivity contribution in [2.45, 2.75) is 65.6 Å². The van der Waals surface area contributed by atoms with Crippen molar-refractivity contribution >= 4 is 23.3 Å². The van der Waals surface area contributed by atoms with E-state index < -0.39 is 34.7 Å². The Balaban J connectivity index is 2.03. The molecule has 1 aliphatic rings. The molecule has 32 heavy (non-hydrogen) atoms. The lowest BCUT2D eigenvalue weighted by molar-refractivity contribution is -0.142. The second-order valence-electron chi connectivity index (χ2n) is 9.41. The Bertz CT molecular complexity index is 964. The third kappa shape index (κ3) is 5.93. The maximum atomic E-state index is 12.5. The van der Waals surface area contributed by atoms with E-state index in [1.54, 1.807) is 45.0 Å². The Morgan fingerprint density at radius 2 is 1.72 bits per heavy atom. The van der Waals surface area contributed by atoms with Crippen LogP contribution < -0.4 is 0 Å². The van der Waals surface area contributed by atoms with Crippen molar-refractivity contribution in [1.82, 2.24) is 0 Å². The topological polar surface area (TPSA) is 121 Å². The summed E-state index contributed by atoms with van der Waals surface area (Å²) in [7, 11) is 0. The molecule has 2 rings (SSSR count). The van der Waals surface area contributed by atoms with Gasteiger partial charge in [0.1, 0.15) is 5.76 Å². The summed E-state index contributed by atoms with van der Waals surface area (Å²) in [6, 6.07) is 6.40. The van der Waals surface area contributed by atoms with E-state index >= 15 is 0 Å². The van der Waals surface area contributed by atoms with Crippen molar-refractivity contribution in [2.24, 2.45) is 5.41 Å². The first-order valence-electron chi connectivity index (χ1n) is 10.6. The van der Waals surface area contributed by atoms with Crippen LogP contribution in [0.5, 0.6) is 0 Å². The highest BCUT2D eigenvalue weighted by Gasteiger charge is 2.36. The standard InChI is InChI=1S/C25H32O7/c1-15(9-8-12-25(5,31)16(2)26)23(30)32-14-24(3,4)13-19-20(27)17-10-6-7-11-18(17)21(28)22(19)29/h6-7,9-11,16,26-27,31H,8,12-14H2,1-5H3. The van der Waals surface area contributed by atoms with Crippen LogP contribution in [0.3, 0.4) is 0 Å². The van der Waals surface area contributed by atoms with E-state index in [0.29, 0.717) is 17.6 Å². The molecule has 0 amide bonds. The number of aliphatic hydroxyl groups excluding tert-OH is 2. The van der Waals surface area contributed by atoms with Gasteiger partial charge in [-0.15, -0.1) is 0 Å². The normalized spacial score (nSPS) is 17.7. The fourth-order valence-corrected chi connectivity index (χ4v) is 3.36. The van der Waals surface area contributed by atoms with Gasteiger partial charge in [0.2, 0.25) is 11.6 Å². The van der Waals surface area contributed by atoms with Crippen LogP contribution in [0.25, 0.3) is 5.76 Å². The molecular weight excluding hydrogens is 412 g/mol. The summed E-state index contributed by atoms with van der Waals surface area (Å²) in [5.74, 6) is -2.16. The highest BCUT2D eigenvalue weighted by atomic mass is 16.5. The second-order valence-corrected chi connectivity index (χ2v) is 9.41. The number of ketones is 2. The van der Waals surface area contributed by atoms with Gasteiger partial charge in [-0.05, 0) is 40.0 Å². The van der Waals surface area contributed by atoms with Crippen molar-refractivity contribution in [3.05, 3.63) is 52.6 Å². The van der Waals surface area contributed by atoms with Crippen LogP contribution >= 0.6 is 0 Å². The first-order valence-corrected chi connectivity index (χ1v) is 10.6. The number of esters is 1. The van der Waals surface area contributed by atoms with Crippen molar-refractivity contribution < 1.29 is 34.4 Å². The number of Topliss-reactive ketones (excluding diaryl/α,β-unsaturated/α-hetero) is 2. The number of hydrogen-bond donors (Lipinski definition) is 3. The van der Waals surface area contributed by atoms with Crippen LogP contribution in [-0.4, -0.2) is 51.2 Å². The van der Waals surface area contributed by atoms with E-state index in [9.17, 15) is 29.7 Å². The van der Waals surface area contributed by atoms with Gasteiger partial charge < -0.3 is 20.1 Å². The molecule has 0 fully saturated rings. The van der Waals surface area contributed by atoms with Crippen molar-refractivity contribution in [1.29, 1.82) is 0 Å². The summed E-state index contributed by atoms with van der Waals surface area (Å²) in [6.45, 7) is 8.16. The molecule has 3 N–H and O–H groups in total. The lowest BCUT2D eigenvalue weighted by Gasteiger charge is -2.27. The highest BCUT2D eigenvalue weighted by Crippen LogP contribution is 2.35. The minimum atomic E-state index is -1.25. The van der Waals surface area contributed by atoms with E-state index in [2.05, 4.69) is 0 Å². The number of carbonyl (C=O) groups excluding carboxylic acids is 3. The summed E-state index contributed by atoms with van der Waals surface area (Å²) in [4.78, 5) is 37.3. The number of carbonyl (C=O) groups is 3. The molecule has 0 saturated carbocycles. The van der Waals surface area contributed by atoms with Gasteiger partial charge >= 0.3 is 5.97 Å². The predicted octanol–water partition coefficient (Wildman–Crippen LogP) is 3.54. The van der Waals surface area contributed by atoms with Gasteiger partial charge in [-0.3, -0.25) is 9.59 Å². The van der Waals surface area contributed by atoms with E-state index in [0.717, 1.165) is 0 Å². The Morgan fingerprint density at radius 3 is 2.31 bits per heavy atom. The number of fused-ring (bicyclic) bond motifs is 1. The molecule has 0 aliphatic heterocycles. The van der Waals surface area contributed by atoms with Crippen molar-refractivity contribution in [3.63, 3.8) is 0 Å². The first kappa shape index (κ1) is 25.5. The van der Waals surface area contributed by atoms with Gasteiger partial charge in [0.05, 0.1) is 18.3 Å². The van der Waals surface area contributed by atoms with Gasteiger partial charge in [0, 0.05) is 27.7 Å². The highest BCUT2D eigenvalue weighted by molar-refractivity contribution is 6.52. The zero-order chi connectivity index (χ0) is 24.3. The third-order valence-electron chi connectivity index (χ3n) is 5.77. The molecule has 1 aromatic rings. The molecule has 0 spiro atoms. The zero-order valence-corrected chi connectivity index (χ0v) is 19.3. The fraction of sp³-hybridized carbons (Fsp3) is 0.480. The number of allylic oxidation sites excluding steroid dienone is 2. The molecule has 7 heteroatoms. The Kier molecular flexibility index (Phi) is 7.80. The molecule has 7 nitrogen and oxygen atoms in total. The van der Waals surface area contributed by atoms with Gasteiger partial charge in [-0.2, -0.15) is 0 Å². The zero-order valence-electron chi connectivity index (χ0n) is 19.3. The maximum Gasteiger partial charge on any atom is 0.333 e. The van der Waals surface area contributed by atoms with Crippen LogP contribution in [0, 0.1) is 5.41 Å². The SMILES string of the molecule is CC(=CCCC(C)(O)C(C)O)C(=O)OCC(C)(C)CC1=C(O)c2ccccc2C(=O)C1=O. The lowest BCUT2D eigenvalue weighted by Crippen LogP contribution is -2.36. The first-order chi connectivity index (χ1) is 14.8. The van der Waals surface area contributed by atoms with E-state index in [1.807, 2.05) is 0 Å². The third-order valence-corrected chi connectivity index (χ3v) is 5.77. The van der Waals surface area contributed by atoms with E-state index in [1.165, 1.54) is 19.9 Å². The Hall–Kier alpha value is -2.77. The van der Waals surface area contributed by atoms with Gasteiger partial charge in [-0.1, -0.05) is 44.2 Å². The minimum absolute atomic E-state index is 0.0161. The lowest BCUT2D eigenvalue weighted by atomic mass is 9.79. The number of hydrogen-bond acceptors (Lipinski definition) is 7. The van der Waals surface area contributed by atoms with E-state index in [4.69, 9.17) is 4.74 Å². The average molecular weight is 445 g/mol. The molecule has 0 aromatic heterocycles. The molecular formula is C25H32O7. The molecule has 0 radical (unpaired) electrons. The fourth-order valence-electron chi connectivity index (χ4n) is 3.36. The molecule has 174 valence electrons. The minimum Gasteiger partial charge on any atom is -0.507 e. The summed E-state index contributed by atoms with van der Waals surface area (Å²) in [5, 5.41) is 30.2. The Labute approximate surface area is 188 Å². The molecule has 0 heterocycles. The summed E-state index contributed by atoms with van der Waals surface area (Å²) in [6.07, 6.45) is 1.48. The smallest absolute Gasteiger partial charge is 0.333 e. The monoisotopic (exact) mass is 444 g/mol. The number of ether oxygens (including phenoxy) is 1. The van der Waals surface area contributed by atoms with Crippen molar-refractivity contribution in [2.75, 3.05) is 6.61 Å². The molecule has 0 saturated heterocycles. The van der Waals surface area contributed by atoms with Gasteiger partial charge in [0.25, 0.3) is 0 Å². The molecule has 2 atom stereocenters. The molecule has 2 unspecified atom stereocenters. The number of rotatable bonds is 9. The average Bonchev–Trinajstić information content (AvgIpc) is 2.73. The maximum absolute atomic E-state index is 12.5. The molecule has 1 aliphatic carbocycles. The van der Waals surface area contributed by atoms with Crippen LogP contribution in [0.15, 0.2) is 41.5 Å². The number of aliphatic hydroxyl groups is 3. The van der Waals surface area contributed by atoms with Gasteiger partial charge in [-0.25, -0.2) is 4.79 Å². The van der Waals surface area contributed by atoms with Crippen LogP contribution in [0.2, 0.25) is 0 Å². The molecule has 0 bridgehead atoms. The van der Waals surface area contributed by atoms with Crippen LogP contribution in [-0.2, 0) is 14.3 Å².